The molecule has 1 aliphatic carbocycles. The van der Waals surface area contributed by atoms with Crippen LogP contribution >= 0.6 is 15.9 Å². The fourth-order valence-electron chi connectivity index (χ4n) is 6.63. The van der Waals surface area contributed by atoms with Crippen molar-refractivity contribution in [3.63, 3.8) is 0 Å². The van der Waals surface area contributed by atoms with E-state index in [1.165, 1.54) is 10.4 Å². The summed E-state index contributed by atoms with van der Waals surface area (Å²) in [6, 6.07) is 21.7. The number of rotatable bonds is 6. The summed E-state index contributed by atoms with van der Waals surface area (Å²) in [5.41, 5.74) is 6.59. The quantitative estimate of drug-likeness (QED) is 0.311. The Hall–Kier alpha value is -2.52. The van der Waals surface area contributed by atoms with Crippen molar-refractivity contribution in [2.75, 3.05) is 18.9 Å². The summed E-state index contributed by atoms with van der Waals surface area (Å²) in [5, 5.41) is 2.54. The molecule has 2 aliphatic heterocycles. The fourth-order valence-corrected chi connectivity index (χ4v) is 11.8. The Morgan fingerprint density at radius 2 is 1.61 bits per heavy atom. The van der Waals surface area contributed by atoms with Gasteiger partial charge in [-0.3, -0.25) is 4.40 Å². The maximum absolute atomic E-state index is 7.31. The Morgan fingerprint density at radius 1 is 1.00 bits per heavy atom. The first-order valence-electron chi connectivity index (χ1n) is 13.4. The summed E-state index contributed by atoms with van der Waals surface area (Å²) in [4.78, 5) is 9.17. The zero-order valence-corrected chi connectivity index (χ0v) is 24.9. The van der Waals surface area contributed by atoms with E-state index in [4.69, 9.17) is 19.9 Å². The molecule has 0 atom stereocenters. The van der Waals surface area contributed by atoms with Crippen LogP contribution in [0.3, 0.4) is 0 Å². The average Bonchev–Trinajstić information content (AvgIpc) is 3.29. The van der Waals surface area contributed by atoms with Gasteiger partial charge in [-0.25, -0.2) is 9.97 Å². The number of nitrogens with two attached hydrogens (primary N) is 1. The number of fused-ring (bicyclic) bond motifs is 4. The number of aromatic nitrogens is 3. The second kappa shape index (κ2) is 9.29. The van der Waals surface area contributed by atoms with Crippen molar-refractivity contribution in [3.05, 3.63) is 83.5 Å². The lowest BCUT2D eigenvalue weighted by Crippen LogP contribution is -2.68. The smallest absolute Gasteiger partial charge is 0.261 e. The van der Waals surface area contributed by atoms with Gasteiger partial charge in [0, 0.05) is 12.4 Å². The van der Waals surface area contributed by atoms with Gasteiger partial charge >= 0.3 is 0 Å². The lowest BCUT2D eigenvalue weighted by Gasteiger charge is -2.54. The standard InChI is InChI=1S/C30H35BrN4O2Si/c1-28(2,3)38(22-10-6-4-7-11-22,23-12-8-5-9-13-23)37-21-30-16-14-29(15-17-30,20-36-30)27-34-25(31)24-26(32)33-18-19-35(24)27/h4-13,18-19H,14-17,20-21H2,1-3H3,(H2,32,33). The molecule has 8 heteroatoms. The minimum absolute atomic E-state index is 0.0611. The molecule has 3 aliphatic rings. The van der Waals surface area contributed by atoms with Crippen LogP contribution in [0.5, 0.6) is 0 Å². The van der Waals surface area contributed by atoms with Gasteiger partial charge in [-0.1, -0.05) is 81.4 Å². The van der Waals surface area contributed by atoms with E-state index in [0.717, 1.165) is 41.6 Å². The van der Waals surface area contributed by atoms with Crippen molar-refractivity contribution in [2.24, 2.45) is 0 Å². The van der Waals surface area contributed by atoms with Crippen molar-refractivity contribution in [3.8, 4) is 0 Å². The number of benzene rings is 2. The molecule has 0 spiro atoms. The number of hydrogen-bond acceptors (Lipinski definition) is 5. The van der Waals surface area contributed by atoms with E-state index >= 15 is 0 Å². The molecule has 0 amide bonds. The molecule has 2 aromatic carbocycles. The summed E-state index contributed by atoms with van der Waals surface area (Å²) in [7, 11) is -2.62. The van der Waals surface area contributed by atoms with Gasteiger partial charge in [-0.15, -0.1) is 0 Å². The SMILES string of the molecule is CC(C)(C)[Si](OCC12CCC(c3nc(Br)c4c(N)nccn34)(CC1)CO2)(c1ccccc1)c1ccccc1. The minimum Gasteiger partial charge on any atom is -0.404 e. The molecule has 4 heterocycles. The van der Waals surface area contributed by atoms with E-state index in [0.29, 0.717) is 19.0 Å². The first kappa shape index (κ1) is 25.7. The topological polar surface area (TPSA) is 74.7 Å². The number of imidazole rings is 1. The number of anilines is 1. The van der Waals surface area contributed by atoms with Gasteiger partial charge in [0.25, 0.3) is 8.32 Å². The van der Waals surface area contributed by atoms with E-state index in [-0.39, 0.29) is 16.1 Å². The van der Waals surface area contributed by atoms with Crippen molar-refractivity contribution >= 4 is 46.0 Å². The highest BCUT2D eigenvalue weighted by Crippen LogP contribution is 2.51. The summed E-state index contributed by atoms with van der Waals surface area (Å²) in [6.07, 6.45) is 7.59. The fraction of sp³-hybridized carbons (Fsp3) is 0.400. The predicted octanol–water partition coefficient (Wildman–Crippen LogP) is 5.23. The molecule has 198 valence electrons. The zero-order valence-electron chi connectivity index (χ0n) is 22.3. The molecule has 2 saturated heterocycles. The van der Waals surface area contributed by atoms with Crippen molar-refractivity contribution in [1.29, 1.82) is 0 Å². The molecule has 2 aromatic heterocycles. The normalized spacial score (nSPS) is 23.7. The monoisotopic (exact) mass is 590 g/mol. The molecule has 7 rings (SSSR count). The van der Waals surface area contributed by atoms with Crippen LogP contribution in [0.25, 0.3) is 5.52 Å². The van der Waals surface area contributed by atoms with Crippen LogP contribution in [0.4, 0.5) is 5.82 Å². The molecule has 38 heavy (non-hydrogen) atoms. The third-order valence-corrected chi connectivity index (χ3v) is 14.3. The molecule has 2 N–H and O–H groups in total. The van der Waals surface area contributed by atoms with E-state index < -0.39 is 8.32 Å². The molecule has 4 aromatic rings. The van der Waals surface area contributed by atoms with E-state index in [1.807, 2.05) is 6.20 Å². The van der Waals surface area contributed by atoms with E-state index in [2.05, 4.69) is 107 Å². The molecule has 3 fully saturated rings. The Balaban J connectivity index is 1.31. The number of ether oxygens (including phenoxy) is 1. The number of hydrogen-bond donors (Lipinski definition) is 1. The van der Waals surface area contributed by atoms with Crippen LogP contribution < -0.4 is 16.1 Å². The summed E-state index contributed by atoms with van der Waals surface area (Å²) in [5.74, 6) is 1.49. The molecular weight excluding hydrogens is 556 g/mol. The molecule has 2 bridgehead atoms. The highest BCUT2D eigenvalue weighted by Gasteiger charge is 2.56. The lowest BCUT2D eigenvalue weighted by atomic mass is 9.66. The highest BCUT2D eigenvalue weighted by molar-refractivity contribution is 9.10. The summed E-state index contributed by atoms with van der Waals surface area (Å²) >= 11 is 3.61. The van der Waals surface area contributed by atoms with E-state index in [1.54, 1.807) is 6.20 Å². The number of halogens is 1. The van der Waals surface area contributed by atoms with Gasteiger partial charge in [0.2, 0.25) is 0 Å². The molecule has 6 nitrogen and oxygen atoms in total. The van der Waals surface area contributed by atoms with Crippen LogP contribution in [0.15, 0.2) is 77.7 Å². The first-order chi connectivity index (χ1) is 18.2. The second-order valence-corrected chi connectivity index (χ2v) is 17.0. The third-order valence-electron chi connectivity index (χ3n) is 8.76. The summed E-state index contributed by atoms with van der Waals surface area (Å²) in [6.45, 7) is 8.20. The van der Waals surface area contributed by atoms with Crippen LogP contribution in [0.2, 0.25) is 5.04 Å². The molecular formula is C30H35BrN4O2Si. The van der Waals surface area contributed by atoms with Crippen LogP contribution in [0, 0.1) is 0 Å². The Morgan fingerprint density at radius 3 is 2.13 bits per heavy atom. The Labute approximate surface area is 233 Å². The lowest BCUT2D eigenvalue weighted by molar-refractivity contribution is -0.174. The van der Waals surface area contributed by atoms with Crippen LogP contribution in [-0.2, 0) is 14.6 Å². The zero-order chi connectivity index (χ0) is 26.6. The first-order valence-corrected chi connectivity index (χ1v) is 16.1. The van der Waals surface area contributed by atoms with Gasteiger partial charge < -0.3 is 14.9 Å². The Kier molecular flexibility index (Phi) is 6.30. The van der Waals surface area contributed by atoms with Gasteiger partial charge in [0.05, 0.1) is 24.2 Å². The van der Waals surface area contributed by atoms with Crippen LogP contribution in [-0.4, -0.2) is 41.5 Å². The maximum Gasteiger partial charge on any atom is 0.261 e. The van der Waals surface area contributed by atoms with Gasteiger partial charge in [0.1, 0.15) is 15.9 Å². The highest BCUT2D eigenvalue weighted by atomic mass is 79.9. The Bertz CT molecular complexity index is 1390. The molecule has 1 saturated carbocycles. The second-order valence-electron chi connectivity index (χ2n) is 12.0. The molecule has 0 unspecified atom stereocenters. The largest absolute Gasteiger partial charge is 0.404 e. The van der Waals surface area contributed by atoms with Gasteiger partial charge in [-0.2, -0.15) is 0 Å². The van der Waals surface area contributed by atoms with Crippen LogP contribution in [0.1, 0.15) is 52.3 Å². The molecule has 0 radical (unpaired) electrons. The van der Waals surface area contributed by atoms with E-state index in [9.17, 15) is 0 Å². The van der Waals surface area contributed by atoms with Gasteiger partial charge in [0.15, 0.2) is 5.82 Å². The van der Waals surface area contributed by atoms with Crippen molar-refractivity contribution in [1.82, 2.24) is 14.4 Å². The third kappa shape index (κ3) is 3.96. The predicted molar refractivity (Wildman–Crippen MR) is 158 cm³/mol. The minimum atomic E-state index is -2.62. The summed E-state index contributed by atoms with van der Waals surface area (Å²) < 4.78 is 16.9. The average molecular weight is 592 g/mol. The maximum atomic E-state index is 7.31. The number of nitrogen functional groups attached to an aromatic ring is 1. The number of nitrogens with zero attached hydrogens (tertiary/aromatic N) is 3. The van der Waals surface area contributed by atoms with Crippen molar-refractivity contribution in [2.45, 2.75) is 62.5 Å². The van der Waals surface area contributed by atoms with Gasteiger partial charge in [-0.05, 0) is 57.0 Å². The van der Waals surface area contributed by atoms with Crippen molar-refractivity contribution < 1.29 is 9.16 Å².